The number of hydroxylamine groups is 2. The molecule has 0 saturated carbocycles. The van der Waals surface area contributed by atoms with Crippen molar-refractivity contribution in [3.05, 3.63) is 24.3 Å². The molecule has 0 saturated heterocycles. The van der Waals surface area contributed by atoms with E-state index in [-0.39, 0.29) is 5.91 Å². The third-order valence-electron chi connectivity index (χ3n) is 1.94. The topological polar surface area (TPSA) is 29.5 Å². The van der Waals surface area contributed by atoms with Crippen molar-refractivity contribution >= 4 is 28.5 Å². The first-order valence-electron chi connectivity index (χ1n) is 4.84. The van der Waals surface area contributed by atoms with Crippen LogP contribution in [-0.4, -0.2) is 29.6 Å². The van der Waals surface area contributed by atoms with Crippen molar-refractivity contribution in [2.75, 3.05) is 18.6 Å². The van der Waals surface area contributed by atoms with Crippen LogP contribution in [-0.2, 0) is 9.63 Å². The number of carbonyl (C=O) groups is 1. The Hall–Kier alpha value is -0.360. The van der Waals surface area contributed by atoms with Gasteiger partial charge in [-0.15, -0.1) is 0 Å². The summed E-state index contributed by atoms with van der Waals surface area (Å²) in [5.41, 5.74) is 0. The average Bonchev–Trinajstić information content (AvgIpc) is 2.23. The van der Waals surface area contributed by atoms with E-state index in [1.807, 2.05) is 6.08 Å². The van der Waals surface area contributed by atoms with Gasteiger partial charge in [0.2, 0.25) is 0 Å². The third kappa shape index (κ3) is 7.56. The lowest BCUT2D eigenvalue weighted by atomic mass is 10.1. The quantitative estimate of drug-likeness (QED) is 0.247. The molecule has 0 aliphatic rings. The standard InChI is InChI=1S/C11H18INO2/c1-10(8-9-12)6-4-5-7-11(14)13(2)15-3/h4-7,10H,8-9H2,1-3H3/b6-4+,7-5+/t10-/m0/s1. The zero-order valence-corrected chi connectivity index (χ0v) is 11.6. The van der Waals surface area contributed by atoms with Gasteiger partial charge in [0.05, 0.1) is 7.11 Å². The summed E-state index contributed by atoms with van der Waals surface area (Å²) in [4.78, 5) is 16.0. The van der Waals surface area contributed by atoms with Gasteiger partial charge in [-0.1, -0.05) is 47.7 Å². The van der Waals surface area contributed by atoms with Gasteiger partial charge in [-0.2, -0.15) is 0 Å². The Morgan fingerprint density at radius 3 is 2.73 bits per heavy atom. The van der Waals surface area contributed by atoms with Crippen molar-refractivity contribution in [1.29, 1.82) is 0 Å². The molecule has 0 bridgehead atoms. The summed E-state index contributed by atoms with van der Waals surface area (Å²) >= 11 is 2.36. The molecule has 0 aromatic heterocycles. The van der Waals surface area contributed by atoms with E-state index in [4.69, 9.17) is 4.84 Å². The number of halogens is 1. The predicted molar refractivity (Wildman–Crippen MR) is 70.7 cm³/mol. The molecular formula is C11H18INO2. The Labute approximate surface area is 105 Å². The Kier molecular flexibility index (Phi) is 8.70. The maximum atomic E-state index is 11.2. The van der Waals surface area contributed by atoms with Crippen molar-refractivity contribution in [2.24, 2.45) is 5.92 Å². The summed E-state index contributed by atoms with van der Waals surface area (Å²) in [5.74, 6) is 0.394. The van der Waals surface area contributed by atoms with Gasteiger partial charge in [-0.3, -0.25) is 9.63 Å². The number of hydrogen-bond acceptors (Lipinski definition) is 2. The smallest absolute Gasteiger partial charge is 0.269 e. The molecule has 1 atom stereocenters. The highest BCUT2D eigenvalue weighted by atomic mass is 127. The summed E-state index contributed by atoms with van der Waals surface area (Å²) < 4.78 is 1.15. The highest BCUT2D eigenvalue weighted by molar-refractivity contribution is 14.1. The first-order chi connectivity index (χ1) is 7.11. The molecule has 0 unspecified atom stereocenters. The summed E-state index contributed by atoms with van der Waals surface area (Å²) in [5, 5.41) is 1.18. The fourth-order valence-electron chi connectivity index (χ4n) is 0.855. The molecule has 0 fully saturated rings. The molecule has 0 aromatic carbocycles. The molecule has 0 aliphatic heterocycles. The number of rotatable bonds is 6. The summed E-state index contributed by atoms with van der Waals surface area (Å²) in [6.45, 7) is 2.16. The van der Waals surface area contributed by atoms with Crippen LogP contribution in [0, 0.1) is 5.92 Å². The maximum Gasteiger partial charge on any atom is 0.269 e. The minimum Gasteiger partial charge on any atom is -0.274 e. The van der Waals surface area contributed by atoms with Gasteiger partial charge in [0.15, 0.2) is 0 Å². The lowest BCUT2D eigenvalue weighted by molar-refractivity contribution is -0.162. The van der Waals surface area contributed by atoms with Crippen LogP contribution in [0.15, 0.2) is 24.3 Å². The Morgan fingerprint density at radius 1 is 1.53 bits per heavy atom. The SMILES string of the molecule is CON(C)C(=O)/C=C/C=C/[C@H](C)CCI. The number of carbonyl (C=O) groups excluding carboxylic acids is 1. The molecule has 86 valence electrons. The van der Waals surface area contributed by atoms with Crippen LogP contribution in [0.5, 0.6) is 0 Å². The Morgan fingerprint density at radius 2 is 2.20 bits per heavy atom. The third-order valence-corrected chi connectivity index (χ3v) is 2.56. The van der Waals surface area contributed by atoms with Crippen LogP contribution >= 0.6 is 22.6 Å². The van der Waals surface area contributed by atoms with Crippen LogP contribution < -0.4 is 0 Å². The molecule has 0 rings (SSSR count). The van der Waals surface area contributed by atoms with Crippen molar-refractivity contribution in [3.63, 3.8) is 0 Å². The number of amides is 1. The van der Waals surface area contributed by atoms with Crippen LogP contribution in [0.1, 0.15) is 13.3 Å². The largest absolute Gasteiger partial charge is 0.274 e. The fraction of sp³-hybridized carbons (Fsp3) is 0.545. The molecule has 1 amide bonds. The van der Waals surface area contributed by atoms with Crippen LogP contribution in [0.25, 0.3) is 0 Å². The predicted octanol–water partition coefficient (Wildman–Crippen LogP) is 2.58. The minimum absolute atomic E-state index is 0.163. The number of likely N-dealkylation sites (N-methyl/N-ethyl adjacent to an activating group) is 1. The van der Waals surface area contributed by atoms with Crippen LogP contribution in [0.3, 0.4) is 0 Å². The van der Waals surface area contributed by atoms with Crippen LogP contribution in [0.2, 0.25) is 0 Å². The Bertz CT molecular complexity index is 239. The van der Waals surface area contributed by atoms with Gasteiger partial charge in [0.25, 0.3) is 5.91 Å². The highest BCUT2D eigenvalue weighted by Crippen LogP contribution is 2.05. The first-order valence-corrected chi connectivity index (χ1v) is 6.37. The number of allylic oxidation sites excluding steroid dienone is 3. The first kappa shape index (κ1) is 14.6. The fourth-order valence-corrected chi connectivity index (χ4v) is 1.84. The molecule has 0 aliphatic carbocycles. The number of alkyl halides is 1. The molecule has 0 radical (unpaired) electrons. The van der Waals surface area contributed by atoms with Crippen molar-refractivity contribution in [3.8, 4) is 0 Å². The zero-order chi connectivity index (χ0) is 11.7. The second kappa shape index (κ2) is 8.91. The maximum absolute atomic E-state index is 11.2. The molecule has 0 aromatic rings. The Balaban J connectivity index is 3.93. The van der Waals surface area contributed by atoms with Gasteiger partial charge < -0.3 is 0 Å². The van der Waals surface area contributed by atoms with E-state index >= 15 is 0 Å². The summed E-state index contributed by atoms with van der Waals surface area (Å²) in [7, 11) is 3.04. The monoisotopic (exact) mass is 323 g/mol. The highest BCUT2D eigenvalue weighted by Gasteiger charge is 2.00. The summed E-state index contributed by atoms with van der Waals surface area (Å²) in [6.07, 6.45) is 8.38. The molecule has 0 N–H and O–H groups in total. The lowest BCUT2D eigenvalue weighted by Crippen LogP contribution is -2.22. The molecule has 3 nitrogen and oxygen atoms in total. The van der Waals surface area contributed by atoms with Gasteiger partial charge in [0.1, 0.15) is 0 Å². The average molecular weight is 323 g/mol. The molecule has 0 spiro atoms. The van der Waals surface area contributed by atoms with E-state index in [9.17, 15) is 4.79 Å². The van der Waals surface area contributed by atoms with Crippen LogP contribution in [0.4, 0.5) is 0 Å². The summed E-state index contributed by atoms with van der Waals surface area (Å²) in [6, 6.07) is 0. The second-order valence-corrected chi connectivity index (χ2v) is 4.30. The molecule has 15 heavy (non-hydrogen) atoms. The zero-order valence-electron chi connectivity index (χ0n) is 9.44. The molecule has 0 heterocycles. The molecule has 4 heteroatoms. The minimum atomic E-state index is -0.163. The van der Waals surface area contributed by atoms with Gasteiger partial charge in [0, 0.05) is 17.6 Å². The van der Waals surface area contributed by atoms with Crippen molar-refractivity contribution in [2.45, 2.75) is 13.3 Å². The van der Waals surface area contributed by atoms with E-state index in [2.05, 4.69) is 35.6 Å². The normalized spacial score (nSPS) is 13.6. The van der Waals surface area contributed by atoms with E-state index in [0.29, 0.717) is 5.92 Å². The van der Waals surface area contributed by atoms with Crippen molar-refractivity contribution in [1.82, 2.24) is 5.06 Å². The lowest BCUT2D eigenvalue weighted by Gasteiger charge is -2.09. The number of hydrogen-bond donors (Lipinski definition) is 0. The van der Waals surface area contributed by atoms with E-state index in [1.165, 1.54) is 18.2 Å². The van der Waals surface area contributed by atoms with E-state index in [0.717, 1.165) is 10.8 Å². The second-order valence-electron chi connectivity index (χ2n) is 3.22. The van der Waals surface area contributed by atoms with Gasteiger partial charge >= 0.3 is 0 Å². The van der Waals surface area contributed by atoms with Gasteiger partial charge in [-0.25, -0.2) is 5.06 Å². The van der Waals surface area contributed by atoms with Crippen molar-refractivity contribution < 1.29 is 9.63 Å². The molecular weight excluding hydrogens is 305 g/mol. The van der Waals surface area contributed by atoms with Gasteiger partial charge in [-0.05, 0) is 12.3 Å². The number of nitrogens with zero attached hydrogens (tertiary/aromatic N) is 1. The van der Waals surface area contributed by atoms with E-state index < -0.39 is 0 Å². The van der Waals surface area contributed by atoms with E-state index in [1.54, 1.807) is 13.1 Å².